The number of para-hydroxylation sites is 2. The fraction of sp³-hybridized carbons (Fsp3) is 0.129. The van der Waals surface area contributed by atoms with Crippen molar-refractivity contribution in [3.05, 3.63) is 109 Å². The zero-order chi connectivity index (χ0) is 22.6. The Hall–Kier alpha value is -3.91. The molecule has 33 heavy (non-hydrogen) atoms. The van der Waals surface area contributed by atoms with E-state index >= 15 is 0 Å². The lowest BCUT2D eigenvalue weighted by Gasteiger charge is -2.22. The van der Waals surface area contributed by atoms with Gasteiger partial charge in [-0.05, 0) is 45.7 Å². The molecule has 2 nitrogen and oxygen atoms in total. The quantitative estimate of drug-likeness (QED) is 0.272. The van der Waals surface area contributed by atoms with Gasteiger partial charge >= 0.3 is 0 Å². The van der Waals surface area contributed by atoms with Crippen molar-refractivity contribution in [3.63, 3.8) is 0 Å². The van der Waals surface area contributed by atoms with Crippen molar-refractivity contribution in [1.82, 2.24) is 9.38 Å². The Morgan fingerprint density at radius 2 is 1.27 bits per heavy atom. The first kappa shape index (κ1) is 19.8. The van der Waals surface area contributed by atoms with Crippen LogP contribution in [0.1, 0.15) is 26.3 Å². The van der Waals surface area contributed by atoms with Crippen LogP contribution in [0, 0.1) is 0 Å². The van der Waals surface area contributed by atoms with E-state index in [-0.39, 0.29) is 5.41 Å². The molecule has 0 saturated carbocycles. The van der Waals surface area contributed by atoms with Crippen molar-refractivity contribution in [2.24, 2.45) is 0 Å². The highest BCUT2D eigenvalue weighted by molar-refractivity contribution is 6.11. The third-order valence-corrected chi connectivity index (χ3v) is 6.53. The van der Waals surface area contributed by atoms with E-state index in [0.717, 1.165) is 16.7 Å². The summed E-state index contributed by atoms with van der Waals surface area (Å²) in [7, 11) is 0. The smallest absolute Gasteiger partial charge is 0.146 e. The first-order chi connectivity index (χ1) is 16.0. The number of fused-ring (bicyclic) bond motifs is 5. The number of hydrogen-bond acceptors (Lipinski definition) is 1. The third kappa shape index (κ3) is 3.14. The van der Waals surface area contributed by atoms with Gasteiger partial charge in [0.1, 0.15) is 5.65 Å². The monoisotopic (exact) mass is 426 g/mol. The second-order valence-corrected chi connectivity index (χ2v) is 9.73. The molecule has 0 aliphatic heterocycles. The fourth-order valence-corrected chi connectivity index (χ4v) is 4.85. The van der Waals surface area contributed by atoms with Crippen LogP contribution in [0.15, 0.2) is 103 Å². The molecule has 160 valence electrons. The molecule has 0 aliphatic carbocycles. The Balaban J connectivity index is 1.92. The second-order valence-electron chi connectivity index (χ2n) is 9.73. The summed E-state index contributed by atoms with van der Waals surface area (Å²) in [6.07, 6.45) is 0. The number of hydrogen-bond donors (Lipinski definition) is 0. The molecule has 0 aliphatic rings. The maximum atomic E-state index is 5.12. The first-order valence-corrected chi connectivity index (χ1v) is 11.5. The van der Waals surface area contributed by atoms with E-state index in [0.29, 0.717) is 0 Å². The minimum Gasteiger partial charge on any atom is -0.291 e. The van der Waals surface area contributed by atoms with E-state index in [1.165, 1.54) is 38.7 Å². The average Bonchev–Trinajstić information content (AvgIpc) is 3.23. The van der Waals surface area contributed by atoms with Crippen LogP contribution in [-0.4, -0.2) is 9.38 Å². The highest BCUT2D eigenvalue weighted by atomic mass is 15.0. The van der Waals surface area contributed by atoms with Crippen molar-refractivity contribution in [3.8, 4) is 22.4 Å². The van der Waals surface area contributed by atoms with Gasteiger partial charge in [-0.1, -0.05) is 106 Å². The van der Waals surface area contributed by atoms with Gasteiger partial charge in [0.15, 0.2) is 0 Å². The molecule has 2 heteroatoms. The van der Waals surface area contributed by atoms with E-state index in [4.69, 9.17) is 4.98 Å². The normalized spacial score (nSPS) is 12.1. The lowest BCUT2D eigenvalue weighted by molar-refractivity contribution is 0.591. The number of nitrogens with zero attached hydrogens (tertiary/aromatic N) is 2. The minimum absolute atomic E-state index is 0.0569. The molecule has 4 aromatic carbocycles. The van der Waals surface area contributed by atoms with Crippen LogP contribution in [0.25, 0.3) is 49.8 Å². The first-order valence-electron chi connectivity index (χ1n) is 11.5. The van der Waals surface area contributed by atoms with Crippen LogP contribution in [-0.2, 0) is 5.41 Å². The topological polar surface area (TPSA) is 17.3 Å². The standard InChI is InChI=1S/C31H26N2/c1-31(2,3)23-18-19-24-25(20-23)28(21-12-6-4-7-13-21)29(22-14-8-5-9-15-22)33-27-17-11-10-16-26(27)32-30(24)33/h4-20H,1-3H3. The summed E-state index contributed by atoms with van der Waals surface area (Å²) in [5, 5.41) is 2.42. The maximum absolute atomic E-state index is 5.12. The second kappa shape index (κ2) is 7.31. The Morgan fingerprint density at radius 1 is 0.636 bits per heavy atom. The molecule has 0 bridgehead atoms. The van der Waals surface area contributed by atoms with E-state index in [1.807, 2.05) is 0 Å². The minimum atomic E-state index is 0.0569. The molecule has 2 heterocycles. The van der Waals surface area contributed by atoms with Crippen LogP contribution in [0.3, 0.4) is 0 Å². The summed E-state index contributed by atoms with van der Waals surface area (Å²) in [5.74, 6) is 0. The summed E-state index contributed by atoms with van der Waals surface area (Å²) in [6.45, 7) is 6.82. The predicted molar refractivity (Wildman–Crippen MR) is 140 cm³/mol. The molecule has 0 radical (unpaired) electrons. The van der Waals surface area contributed by atoms with Gasteiger partial charge in [-0.15, -0.1) is 0 Å². The number of rotatable bonds is 2. The SMILES string of the molecule is CC(C)(C)c1ccc2c(c1)c(-c1ccccc1)c(-c1ccccc1)n1c3ccccc3nc21. The molecule has 2 aromatic heterocycles. The lowest BCUT2D eigenvalue weighted by Crippen LogP contribution is -2.11. The molecule has 0 atom stereocenters. The molecule has 0 unspecified atom stereocenters. The lowest BCUT2D eigenvalue weighted by atomic mass is 9.84. The Morgan fingerprint density at radius 3 is 1.97 bits per heavy atom. The molecular formula is C31H26N2. The Bertz CT molecular complexity index is 1620. The molecule has 0 N–H and O–H groups in total. The summed E-state index contributed by atoms with van der Waals surface area (Å²) in [5.41, 5.74) is 9.37. The summed E-state index contributed by atoms with van der Waals surface area (Å²) in [4.78, 5) is 5.12. The molecular weight excluding hydrogens is 400 g/mol. The van der Waals surface area contributed by atoms with Crippen molar-refractivity contribution in [2.75, 3.05) is 0 Å². The van der Waals surface area contributed by atoms with E-state index in [1.54, 1.807) is 0 Å². The van der Waals surface area contributed by atoms with Crippen LogP contribution in [0.5, 0.6) is 0 Å². The maximum Gasteiger partial charge on any atom is 0.146 e. The van der Waals surface area contributed by atoms with Gasteiger partial charge in [0.2, 0.25) is 0 Å². The van der Waals surface area contributed by atoms with Crippen LogP contribution in [0.4, 0.5) is 0 Å². The largest absolute Gasteiger partial charge is 0.291 e. The molecule has 0 saturated heterocycles. The number of pyridine rings is 1. The van der Waals surface area contributed by atoms with E-state index in [9.17, 15) is 0 Å². The Kier molecular flexibility index (Phi) is 4.38. The summed E-state index contributed by atoms with van der Waals surface area (Å²) < 4.78 is 2.35. The highest BCUT2D eigenvalue weighted by Gasteiger charge is 2.22. The molecule has 0 spiro atoms. The zero-order valence-corrected chi connectivity index (χ0v) is 19.2. The molecule has 6 aromatic rings. The van der Waals surface area contributed by atoms with Crippen molar-refractivity contribution >= 4 is 27.5 Å². The summed E-state index contributed by atoms with van der Waals surface area (Å²) >= 11 is 0. The third-order valence-electron chi connectivity index (χ3n) is 6.53. The van der Waals surface area contributed by atoms with Gasteiger partial charge in [-0.25, -0.2) is 4.98 Å². The molecule has 6 rings (SSSR count). The number of benzene rings is 4. The Labute approximate surface area is 194 Å². The summed E-state index contributed by atoms with van der Waals surface area (Å²) in [6, 6.07) is 36.8. The van der Waals surface area contributed by atoms with Crippen LogP contribution in [0.2, 0.25) is 0 Å². The fourth-order valence-electron chi connectivity index (χ4n) is 4.85. The van der Waals surface area contributed by atoms with Crippen molar-refractivity contribution < 1.29 is 0 Å². The number of aromatic nitrogens is 2. The van der Waals surface area contributed by atoms with Gasteiger partial charge in [0.25, 0.3) is 0 Å². The van der Waals surface area contributed by atoms with Gasteiger partial charge < -0.3 is 0 Å². The average molecular weight is 427 g/mol. The van der Waals surface area contributed by atoms with Crippen molar-refractivity contribution in [2.45, 2.75) is 26.2 Å². The van der Waals surface area contributed by atoms with E-state index < -0.39 is 0 Å². The zero-order valence-electron chi connectivity index (χ0n) is 19.2. The molecule has 0 fully saturated rings. The number of imidazole rings is 1. The van der Waals surface area contributed by atoms with Gasteiger partial charge in [-0.2, -0.15) is 0 Å². The predicted octanol–water partition coefficient (Wildman–Crippen LogP) is 8.27. The van der Waals surface area contributed by atoms with Crippen LogP contribution < -0.4 is 0 Å². The van der Waals surface area contributed by atoms with Gasteiger partial charge in [-0.3, -0.25) is 4.40 Å². The van der Waals surface area contributed by atoms with E-state index in [2.05, 4.69) is 128 Å². The van der Waals surface area contributed by atoms with Crippen LogP contribution >= 0.6 is 0 Å². The highest BCUT2D eigenvalue weighted by Crippen LogP contribution is 2.42. The molecule has 0 amide bonds. The van der Waals surface area contributed by atoms with Gasteiger partial charge in [0.05, 0.1) is 16.7 Å². The van der Waals surface area contributed by atoms with Crippen molar-refractivity contribution in [1.29, 1.82) is 0 Å². The van der Waals surface area contributed by atoms with Gasteiger partial charge in [0, 0.05) is 10.9 Å².